The van der Waals surface area contributed by atoms with E-state index in [4.69, 9.17) is 23.4 Å². The lowest BCUT2D eigenvalue weighted by molar-refractivity contribution is -0.279. The fourth-order valence-electron chi connectivity index (χ4n) is 5.87. The molecule has 0 N–H and O–H groups in total. The van der Waals surface area contributed by atoms with Crippen LogP contribution in [-0.4, -0.2) is 59.5 Å². The summed E-state index contributed by atoms with van der Waals surface area (Å²) in [5.74, 6) is 0. The molecule has 220 valence electrons. The number of hydrogen-bond acceptors (Lipinski definition) is 6. The number of benzene rings is 3. The third-order valence-corrected chi connectivity index (χ3v) is 13.0. The SMILES string of the molecule is CO[C@H]([C@H]1OCO[C@H](CO[Si](c2ccccc2)(c2ccccc2)C(C)(C)C)[C@H]1OCc1ccccc1)C(C)(C)C=O. The van der Waals surface area contributed by atoms with Crippen LogP contribution in [0.1, 0.15) is 40.2 Å². The molecule has 41 heavy (non-hydrogen) atoms. The van der Waals surface area contributed by atoms with Gasteiger partial charge in [-0.3, -0.25) is 0 Å². The van der Waals surface area contributed by atoms with Crippen molar-refractivity contribution in [3.63, 3.8) is 0 Å². The van der Waals surface area contributed by atoms with Gasteiger partial charge in [0.1, 0.15) is 31.4 Å². The molecular weight excluding hydrogens is 532 g/mol. The zero-order valence-corrected chi connectivity index (χ0v) is 26.1. The van der Waals surface area contributed by atoms with E-state index in [0.29, 0.717) is 13.2 Å². The van der Waals surface area contributed by atoms with Crippen LogP contribution in [0.4, 0.5) is 0 Å². The summed E-state index contributed by atoms with van der Waals surface area (Å²) in [6, 6.07) is 31.1. The number of ether oxygens (including phenoxy) is 4. The molecule has 0 amide bonds. The van der Waals surface area contributed by atoms with Crippen molar-refractivity contribution in [3.8, 4) is 0 Å². The number of carbonyl (C=O) groups is 1. The van der Waals surface area contributed by atoms with Crippen molar-refractivity contribution in [1.82, 2.24) is 0 Å². The Morgan fingerprint density at radius 3 is 1.88 bits per heavy atom. The maximum atomic E-state index is 12.1. The smallest absolute Gasteiger partial charge is 0.261 e. The van der Waals surface area contributed by atoms with Crippen LogP contribution in [0.2, 0.25) is 5.04 Å². The van der Waals surface area contributed by atoms with E-state index in [9.17, 15) is 4.79 Å². The molecule has 1 heterocycles. The third kappa shape index (κ3) is 6.88. The van der Waals surface area contributed by atoms with E-state index in [-0.39, 0.29) is 11.8 Å². The topological polar surface area (TPSA) is 63.2 Å². The zero-order valence-electron chi connectivity index (χ0n) is 25.1. The lowest BCUT2D eigenvalue weighted by Gasteiger charge is -2.47. The van der Waals surface area contributed by atoms with Crippen molar-refractivity contribution in [2.45, 2.75) is 70.7 Å². The number of methoxy groups -OCH3 is 1. The number of hydrogen-bond donors (Lipinski definition) is 0. The van der Waals surface area contributed by atoms with Crippen molar-refractivity contribution in [1.29, 1.82) is 0 Å². The van der Waals surface area contributed by atoms with Gasteiger partial charge in [-0.1, -0.05) is 126 Å². The molecule has 1 aliphatic rings. The first-order valence-electron chi connectivity index (χ1n) is 14.3. The molecule has 0 aromatic heterocycles. The molecule has 0 spiro atoms. The lowest BCUT2D eigenvalue weighted by atomic mass is 9.82. The van der Waals surface area contributed by atoms with Gasteiger partial charge in [0.15, 0.2) is 0 Å². The first kappa shape index (κ1) is 31.3. The minimum atomic E-state index is -2.81. The van der Waals surface area contributed by atoms with E-state index in [0.717, 1.165) is 11.8 Å². The molecule has 4 rings (SSSR count). The minimum absolute atomic E-state index is 0.0550. The Kier molecular flexibility index (Phi) is 10.3. The Morgan fingerprint density at radius 2 is 1.39 bits per heavy atom. The summed E-state index contributed by atoms with van der Waals surface area (Å²) in [7, 11) is -1.21. The van der Waals surface area contributed by atoms with Gasteiger partial charge < -0.3 is 28.2 Å². The highest BCUT2D eigenvalue weighted by Crippen LogP contribution is 2.38. The van der Waals surface area contributed by atoms with Crippen molar-refractivity contribution in [2.24, 2.45) is 5.41 Å². The van der Waals surface area contributed by atoms with Gasteiger partial charge in [0, 0.05) is 12.5 Å². The Morgan fingerprint density at radius 1 is 0.854 bits per heavy atom. The van der Waals surface area contributed by atoms with Gasteiger partial charge in [0.25, 0.3) is 8.32 Å². The standard InChI is InChI=1S/C34H44O6Si/c1-33(2,3)41(27-18-12-8-13-19-27,28-20-14-9-15-21-28)40-23-29-30(37-22-26-16-10-7-11-17-26)31(39-25-38-29)32(36-6)34(4,5)24-35/h7-21,24,29-32H,22-23,25H2,1-6H3/t29-,30-,31+,32-/m1/s1. The normalized spacial score (nSPS) is 20.9. The third-order valence-electron chi connectivity index (χ3n) is 7.99. The van der Waals surface area contributed by atoms with Crippen molar-refractivity contribution in [2.75, 3.05) is 20.5 Å². The maximum Gasteiger partial charge on any atom is 0.261 e. The van der Waals surface area contributed by atoms with Gasteiger partial charge in [0.05, 0.1) is 19.3 Å². The largest absolute Gasteiger partial charge is 0.405 e. The average molecular weight is 577 g/mol. The van der Waals surface area contributed by atoms with Crippen molar-refractivity contribution >= 4 is 25.0 Å². The predicted molar refractivity (Wildman–Crippen MR) is 164 cm³/mol. The van der Waals surface area contributed by atoms with Gasteiger partial charge >= 0.3 is 0 Å². The van der Waals surface area contributed by atoms with E-state index in [2.05, 4.69) is 69.3 Å². The van der Waals surface area contributed by atoms with Gasteiger partial charge in [-0.05, 0) is 21.0 Å². The summed E-state index contributed by atoms with van der Waals surface area (Å²) in [5.41, 5.74) is 0.237. The molecule has 6 nitrogen and oxygen atoms in total. The number of carbonyl (C=O) groups excluding carboxylic acids is 1. The number of rotatable bonds is 12. The van der Waals surface area contributed by atoms with Crippen LogP contribution in [0.25, 0.3) is 0 Å². The summed E-state index contributed by atoms with van der Waals surface area (Å²) in [6.07, 6.45) is -1.14. The molecule has 7 heteroatoms. The average Bonchev–Trinajstić information content (AvgIpc) is 2.98. The molecule has 3 aromatic rings. The molecule has 3 aromatic carbocycles. The molecule has 0 unspecified atom stereocenters. The minimum Gasteiger partial charge on any atom is -0.405 e. The summed E-state index contributed by atoms with van der Waals surface area (Å²) >= 11 is 0. The van der Waals surface area contributed by atoms with Gasteiger partial charge in [0.2, 0.25) is 0 Å². The van der Waals surface area contributed by atoms with Crippen LogP contribution in [-0.2, 0) is 34.8 Å². The summed E-state index contributed by atoms with van der Waals surface area (Å²) < 4.78 is 32.1. The fraction of sp³-hybridized carbons (Fsp3) is 0.441. The molecule has 0 bridgehead atoms. The lowest BCUT2D eigenvalue weighted by Crippen LogP contribution is -2.68. The molecule has 1 aliphatic heterocycles. The highest BCUT2D eigenvalue weighted by Gasteiger charge is 2.52. The van der Waals surface area contributed by atoms with Crippen LogP contribution in [0, 0.1) is 5.41 Å². The van der Waals surface area contributed by atoms with Crippen LogP contribution in [0.15, 0.2) is 91.0 Å². The molecule has 4 atom stereocenters. The summed E-state index contributed by atoms with van der Waals surface area (Å²) in [4.78, 5) is 12.1. The second-order valence-corrected chi connectivity index (χ2v) is 16.6. The van der Waals surface area contributed by atoms with E-state index < -0.39 is 38.1 Å². The van der Waals surface area contributed by atoms with Gasteiger partial charge in [-0.25, -0.2) is 0 Å². The predicted octanol–water partition coefficient (Wildman–Crippen LogP) is 5.13. The number of aldehydes is 1. The van der Waals surface area contributed by atoms with E-state index in [1.165, 1.54) is 10.4 Å². The zero-order chi connectivity index (χ0) is 29.5. The Labute approximate surface area is 246 Å². The summed E-state index contributed by atoms with van der Waals surface area (Å²) in [5, 5.41) is 2.21. The molecule has 0 saturated carbocycles. The molecular formula is C34H44O6Si. The summed E-state index contributed by atoms with van der Waals surface area (Å²) in [6.45, 7) is 11.2. The fourth-order valence-corrected chi connectivity index (χ4v) is 10.4. The van der Waals surface area contributed by atoms with Crippen LogP contribution >= 0.6 is 0 Å². The van der Waals surface area contributed by atoms with E-state index in [1.54, 1.807) is 7.11 Å². The second-order valence-electron chi connectivity index (χ2n) is 12.3. The Hall–Kier alpha value is -2.65. The van der Waals surface area contributed by atoms with Gasteiger partial charge in [-0.15, -0.1) is 0 Å². The molecule has 0 radical (unpaired) electrons. The van der Waals surface area contributed by atoms with Crippen molar-refractivity contribution < 1.29 is 28.2 Å². The Bertz CT molecular complexity index is 1170. The first-order valence-corrected chi connectivity index (χ1v) is 16.2. The maximum absolute atomic E-state index is 12.1. The Balaban J connectivity index is 1.71. The highest BCUT2D eigenvalue weighted by molar-refractivity contribution is 6.99. The van der Waals surface area contributed by atoms with E-state index >= 15 is 0 Å². The quantitative estimate of drug-likeness (QED) is 0.220. The molecule has 1 fully saturated rings. The first-order chi connectivity index (χ1) is 19.6. The molecule has 1 saturated heterocycles. The van der Waals surface area contributed by atoms with E-state index in [1.807, 2.05) is 56.3 Å². The van der Waals surface area contributed by atoms with Crippen LogP contribution in [0.5, 0.6) is 0 Å². The molecule has 0 aliphatic carbocycles. The second kappa shape index (κ2) is 13.5. The van der Waals surface area contributed by atoms with Crippen molar-refractivity contribution in [3.05, 3.63) is 96.6 Å². The van der Waals surface area contributed by atoms with Gasteiger partial charge in [-0.2, -0.15) is 0 Å². The van der Waals surface area contributed by atoms with Crippen LogP contribution < -0.4 is 10.4 Å². The highest BCUT2D eigenvalue weighted by atomic mass is 28.4. The van der Waals surface area contributed by atoms with Crippen LogP contribution in [0.3, 0.4) is 0 Å². The monoisotopic (exact) mass is 576 g/mol.